The van der Waals surface area contributed by atoms with E-state index in [2.05, 4.69) is 20.8 Å². The maximum Gasteiger partial charge on any atom is 0.258 e. The van der Waals surface area contributed by atoms with E-state index in [9.17, 15) is 8.42 Å². The maximum absolute atomic E-state index is 12.4. The molecule has 1 saturated heterocycles. The minimum Gasteiger partial charge on any atom is -0.415 e. The minimum atomic E-state index is -3.65. The van der Waals surface area contributed by atoms with E-state index < -0.39 is 15.6 Å². The van der Waals surface area contributed by atoms with Crippen LogP contribution in [0.1, 0.15) is 17.7 Å². The van der Waals surface area contributed by atoms with E-state index in [1.54, 1.807) is 26.2 Å². The van der Waals surface area contributed by atoms with Crippen molar-refractivity contribution in [2.75, 3.05) is 19.8 Å². The van der Waals surface area contributed by atoms with Crippen molar-refractivity contribution >= 4 is 50.7 Å². The van der Waals surface area contributed by atoms with Crippen LogP contribution in [0.25, 0.3) is 16.3 Å². The van der Waals surface area contributed by atoms with Crippen LogP contribution in [-0.4, -0.2) is 54.9 Å². The second-order valence-electron chi connectivity index (χ2n) is 6.26. The maximum atomic E-state index is 12.4. The average molecular weight is 444 g/mol. The molecule has 1 fully saturated rings. The van der Waals surface area contributed by atoms with E-state index in [4.69, 9.17) is 26.8 Å². The van der Waals surface area contributed by atoms with Crippen molar-refractivity contribution in [2.24, 2.45) is 0 Å². The van der Waals surface area contributed by atoms with Crippen LogP contribution in [0, 0.1) is 10.8 Å². The van der Waals surface area contributed by atoms with Crippen molar-refractivity contribution in [3.63, 3.8) is 0 Å². The molecule has 0 unspecified atom stereocenters. The zero-order valence-electron chi connectivity index (χ0n) is 15.2. The molecule has 1 aliphatic heterocycles. The van der Waals surface area contributed by atoms with E-state index in [1.807, 2.05) is 0 Å². The summed E-state index contributed by atoms with van der Waals surface area (Å²) < 4.78 is 31.3. The lowest BCUT2D eigenvalue weighted by atomic mass is 10.0. The van der Waals surface area contributed by atoms with Crippen LogP contribution in [0.5, 0.6) is 0 Å². The number of guanidine groups is 1. The summed E-state index contributed by atoms with van der Waals surface area (Å²) in [6, 6.07) is 1.62. The smallest absolute Gasteiger partial charge is 0.258 e. The number of thiophene rings is 1. The largest absolute Gasteiger partial charge is 0.415 e. The fraction of sp³-hybridized carbons (Fsp3) is 0.333. The molecule has 150 valence electrons. The van der Waals surface area contributed by atoms with Gasteiger partial charge in [-0.1, -0.05) is 11.6 Å². The summed E-state index contributed by atoms with van der Waals surface area (Å²) in [5.41, 5.74) is -0.662. The predicted molar refractivity (Wildman–Crippen MR) is 108 cm³/mol. The van der Waals surface area contributed by atoms with Crippen LogP contribution in [0.15, 0.2) is 16.7 Å². The first-order valence-electron chi connectivity index (χ1n) is 7.96. The molecule has 0 aliphatic carbocycles. The van der Waals surface area contributed by atoms with Crippen molar-refractivity contribution < 1.29 is 12.8 Å². The van der Waals surface area contributed by atoms with Crippen molar-refractivity contribution in [1.29, 1.82) is 10.8 Å². The van der Waals surface area contributed by atoms with Crippen LogP contribution in [-0.2, 0) is 15.6 Å². The third-order valence-corrected chi connectivity index (χ3v) is 7.88. The molecule has 0 amide bonds. The quantitative estimate of drug-likeness (QED) is 0.513. The molecule has 2 aromatic heterocycles. The van der Waals surface area contributed by atoms with Gasteiger partial charge < -0.3 is 20.5 Å². The number of nitrogens with zero attached hydrogens (tertiary/aromatic N) is 3. The Morgan fingerprint density at radius 1 is 1.54 bits per heavy atom. The van der Waals surface area contributed by atoms with Gasteiger partial charge in [0, 0.05) is 26.5 Å². The van der Waals surface area contributed by atoms with Crippen LogP contribution in [0.3, 0.4) is 0 Å². The highest BCUT2D eigenvalue weighted by Crippen LogP contribution is 2.42. The van der Waals surface area contributed by atoms with Gasteiger partial charge in [-0.15, -0.1) is 21.5 Å². The first kappa shape index (κ1) is 20.3. The summed E-state index contributed by atoms with van der Waals surface area (Å²) in [7, 11) is -0.640. The topological polar surface area (TPSA) is 148 Å². The number of aromatic nitrogens is 2. The Bertz CT molecular complexity index is 1080. The van der Waals surface area contributed by atoms with Gasteiger partial charge in [0.1, 0.15) is 0 Å². The standard InChI is InChI=1S/C15H18ClN7O3S2/c1-15(7-28(24,25)23(3)14(18)20-15)11-9(16)4-10(27-11)13-22-21-12(26-13)8(5-17)6-19-2/h4-6,17,19H,7H2,1-3H3,(H2,18,20)/b8-6+,17-5?/t15-/m0/s1. The molecule has 1 atom stereocenters. The lowest BCUT2D eigenvalue weighted by molar-refractivity contribution is 0.424. The Hall–Kier alpha value is -2.44. The Morgan fingerprint density at radius 3 is 2.86 bits per heavy atom. The van der Waals surface area contributed by atoms with Gasteiger partial charge >= 0.3 is 0 Å². The lowest BCUT2D eigenvalue weighted by Crippen LogP contribution is -2.60. The molecule has 0 aromatic carbocycles. The molecule has 2 aromatic rings. The SMILES string of the molecule is CN/C=C(\C=N)c1nnc(-c2cc(Cl)c([C@]3(C)CS(=O)(=O)N(C)C(=N)N3)s2)o1. The summed E-state index contributed by atoms with van der Waals surface area (Å²) in [6.45, 7) is 1.68. The highest BCUT2D eigenvalue weighted by molar-refractivity contribution is 7.89. The van der Waals surface area contributed by atoms with Gasteiger partial charge in [0.2, 0.25) is 16.0 Å². The molecule has 3 heterocycles. The summed E-state index contributed by atoms with van der Waals surface area (Å²) in [6.07, 6.45) is 2.64. The van der Waals surface area contributed by atoms with Crippen molar-refractivity contribution in [3.8, 4) is 10.8 Å². The number of allylic oxidation sites excluding steroid dienone is 1. The third kappa shape index (κ3) is 3.50. The van der Waals surface area contributed by atoms with Gasteiger partial charge in [0.05, 0.1) is 31.6 Å². The van der Waals surface area contributed by atoms with Crippen LogP contribution in [0.4, 0.5) is 0 Å². The van der Waals surface area contributed by atoms with E-state index in [1.165, 1.54) is 18.4 Å². The van der Waals surface area contributed by atoms with E-state index >= 15 is 0 Å². The molecular formula is C15H18ClN7O3S2. The molecule has 3 rings (SSSR count). The minimum absolute atomic E-state index is 0.165. The number of rotatable bonds is 5. The first-order valence-corrected chi connectivity index (χ1v) is 10.8. The molecule has 10 nitrogen and oxygen atoms in total. The van der Waals surface area contributed by atoms with Crippen LogP contribution >= 0.6 is 22.9 Å². The fourth-order valence-electron chi connectivity index (χ4n) is 2.71. The Labute approximate surface area is 170 Å². The first-order chi connectivity index (χ1) is 13.1. The zero-order valence-corrected chi connectivity index (χ0v) is 17.6. The summed E-state index contributed by atoms with van der Waals surface area (Å²) in [4.78, 5) is 1.10. The second kappa shape index (κ2) is 7.18. The van der Waals surface area contributed by atoms with Crippen LogP contribution in [0.2, 0.25) is 5.02 Å². The summed E-state index contributed by atoms with van der Waals surface area (Å²) in [5.74, 6) is -0.117. The summed E-state index contributed by atoms with van der Waals surface area (Å²) >= 11 is 7.59. The highest BCUT2D eigenvalue weighted by atomic mass is 35.5. The predicted octanol–water partition coefficient (Wildman–Crippen LogP) is 1.68. The Balaban J connectivity index is 1.99. The van der Waals surface area contributed by atoms with Gasteiger partial charge in [-0.25, -0.2) is 12.7 Å². The highest BCUT2D eigenvalue weighted by Gasteiger charge is 2.44. The molecule has 13 heteroatoms. The molecule has 4 N–H and O–H groups in total. The molecule has 0 radical (unpaired) electrons. The number of sulfonamides is 1. The second-order valence-corrected chi connectivity index (χ2v) is 9.72. The molecule has 1 aliphatic rings. The Morgan fingerprint density at radius 2 is 2.25 bits per heavy atom. The van der Waals surface area contributed by atoms with Gasteiger partial charge in [-0.2, -0.15) is 0 Å². The van der Waals surface area contributed by atoms with Crippen molar-refractivity contribution in [2.45, 2.75) is 12.5 Å². The molecule has 0 spiro atoms. The average Bonchev–Trinajstić information content (AvgIpc) is 3.24. The lowest BCUT2D eigenvalue weighted by Gasteiger charge is -2.39. The number of hydrogen-bond donors (Lipinski definition) is 4. The fourth-order valence-corrected chi connectivity index (χ4v) is 5.83. The zero-order chi connectivity index (χ0) is 20.7. The van der Waals surface area contributed by atoms with Gasteiger partial charge in [0.25, 0.3) is 11.8 Å². The van der Waals surface area contributed by atoms with E-state index in [0.29, 0.717) is 20.4 Å². The molecule has 0 bridgehead atoms. The van der Waals surface area contributed by atoms with Gasteiger partial charge in [0.15, 0.2) is 0 Å². The van der Waals surface area contributed by atoms with E-state index in [0.717, 1.165) is 10.5 Å². The Kier molecular flexibility index (Phi) is 5.21. The number of hydrogen-bond acceptors (Lipinski definition) is 9. The van der Waals surface area contributed by atoms with Crippen LogP contribution < -0.4 is 10.6 Å². The molecule has 0 saturated carbocycles. The van der Waals surface area contributed by atoms with Gasteiger partial charge in [-0.05, 0) is 13.0 Å². The van der Waals surface area contributed by atoms with Gasteiger partial charge in [-0.3, -0.25) is 5.41 Å². The van der Waals surface area contributed by atoms with E-state index in [-0.39, 0.29) is 23.5 Å². The third-order valence-electron chi connectivity index (χ3n) is 4.12. The van der Waals surface area contributed by atoms with Crippen molar-refractivity contribution in [3.05, 3.63) is 28.1 Å². The molecule has 28 heavy (non-hydrogen) atoms. The molecular weight excluding hydrogens is 426 g/mol. The number of halogens is 1. The van der Waals surface area contributed by atoms with Crippen molar-refractivity contribution in [1.82, 2.24) is 25.1 Å². The number of nitrogens with one attached hydrogen (secondary N) is 4. The monoisotopic (exact) mass is 443 g/mol. The normalized spacial score (nSPS) is 22.1. The summed E-state index contributed by atoms with van der Waals surface area (Å²) in [5, 5.41) is 29.3.